The lowest BCUT2D eigenvalue weighted by Gasteiger charge is -2.21. The van der Waals surface area contributed by atoms with Gasteiger partial charge in [-0.2, -0.15) is 0 Å². The van der Waals surface area contributed by atoms with E-state index in [1.54, 1.807) is 0 Å². The summed E-state index contributed by atoms with van der Waals surface area (Å²) in [4.78, 5) is 13.5. The summed E-state index contributed by atoms with van der Waals surface area (Å²) in [6.07, 6.45) is 2.53. The van der Waals surface area contributed by atoms with Gasteiger partial charge in [0, 0.05) is 30.3 Å². The van der Waals surface area contributed by atoms with E-state index in [0.29, 0.717) is 17.7 Å². The van der Waals surface area contributed by atoms with E-state index in [9.17, 15) is 9.18 Å². The Hall–Kier alpha value is -1.46. The largest absolute Gasteiger partial charge is 0.366 e. The SMILES string of the molecule is CC(CN1CCCC1)NCc1cc(C(N)=O)ccc1F. The Balaban J connectivity index is 1.89. The van der Waals surface area contributed by atoms with Crippen molar-refractivity contribution < 1.29 is 9.18 Å². The Morgan fingerprint density at radius 2 is 2.15 bits per heavy atom. The van der Waals surface area contributed by atoms with Crippen LogP contribution in [-0.4, -0.2) is 36.5 Å². The van der Waals surface area contributed by atoms with Crippen LogP contribution in [0.5, 0.6) is 0 Å². The normalized spacial score (nSPS) is 17.3. The molecule has 1 amide bonds. The van der Waals surface area contributed by atoms with Crippen LogP contribution in [0.25, 0.3) is 0 Å². The first-order valence-electron chi connectivity index (χ1n) is 7.10. The molecule has 3 N–H and O–H groups in total. The molecule has 0 saturated carbocycles. The van der Waals surface area contributed by atoms with Crippen LogP contribution >= 0.6 is 0 Å². The maximum absolute atomic E-state index is 13.7. The number of nitrogens with zero attached hydrogens (tertiary/aromatic N) is 1. The predicted octanol–water partition coefficient (Wildman–Crippen LogP) is 1.50. The zero-order chi connectivity index (χ0) is 14.5. The monoisotopic (exact) mass is 279 g/mol. The standard InChI is InChI=1S/C15H22FN3O/c1-11(10-19-6-2-3-7-19)18-9-13-8-12(15(17)20)4-5-14(13)16/h4-5,8,11,18H,2-3,6-7,9-10H2,1H3,(H2,17,20). The fourth-order valence-electron chi connectivity index (χ4n) is 2.56. The van der Waals surface area contributed by atoms with Crippen molar-refractivity contribution in [1.29, 1.82) is 0 Å². The number of hydrogen-bond donors (Lipinski definition) is 2. The van der Waals surface area contributed by atoms with Crippen molar-refractivity contribution >= 4 is 5.91 Å². The van der Waals surface area contributed by atoms with Crippen LogP contribution in [0, 0.1) is 5.82 Å². The first kappa shape index (κ1) is 14.9. The number of primary amides is 1. The summed E-state index contributed by atoms with van der Waals surface area (Å²) in [7, 11) is 0. The minimum Gasteiger partial charge on any atom is -0.366 e. The maximum atomic E-state index is 13.7. The molecule has 0 aromatic heterocycles. The third-order valence-corrected chi connectivity index (χ3v) is 3.70. The number of carbonyl (C=O) groups is 1. The second-order valence-electron chi connectivity index (χ2n) is 5.46. The molecular weight excluding hydrogens is 257 g/mol. The summed E-state index contributed by atoms with van der Waals surface area (Å²) in [5.41, 5.74) is 6.03. The summed E-state index contributed by atoms with van der Waals surface area (Å²) in [6, 6.07) is 4.51. The molecule has 1 fully saturated rings. The van der Waals surface area contributed by atoms with E-state index in [0.717, 1.165) is 19.6 Å². The Labute approximate surface area is 119 Å². The number of nitrogens with two attached hydrogens (primary N) is 1. The van der Waals surface area contributed by atoms with Crippen LogP contribution in [0.15, 0.2) is 18.2 Å². The second-order valence-corrected chi connectivity index (χ2v) is 5.46. The molecule has 2 rings (SSSR count). The van der Waals surface area contributed by atoms with Gasteiger partial charge in [-0.1, -0.05) is 0 Å². The van der Waals surface area contributed by atoms with Gasteiger partial charge in [-0.25, -0.2) is 4.39 Å². The summed E-state index contributed by atoms with van der Waals surface area (Å²) in [6.45, 7) is 5.77. The molecule has 0 spiro atoms. The van der Waals surface area contributed by atoms with Crippen LogP contribution < -0.4 is 11.1 Å². The zero-order valence-corrected chi connectivity index (χ0v) is 11.9. The van der Waals surface area contributed by atoms with Crippen LogP contribution in [0.4, 0.5) is 4.39 Å². The van der Waals surface area contributed by atoms with Gasteiger partial charge in [0.15, 0.2) is 0 Å². The highest BCUT2D eigenvalue weighted by Gasteiger charge is 2.15. The van der Waals surface area contributed by atoms with E-state index in [4.69, 9.17) is 5.73 Å². The smallest absolute Gasteiger partial charge is 0.248 e. The molecule has 0 aliphatic carbocycles. The first-order valence-corrected chi connectivity index (χ1v) is 7.10. The van der Waals surface area contributed by atoms with Gasteiger partial charge >= 0.3 is 0 Å². The number of rotatable bonds is 6. The minimum atomic E-state index is -0.531. The van der Waals surface area contributed by atoms with Crippen molar-refractivity contribution in [1.82, 2.24) is 10.2 Å². The number of hydrogen-bond acceptors (Lipinski definition) is 3. The van der Waals surface area contributed by atoms with Crippen LogP contribution in [0.3, 0.4) is 0 Å². The molecule has 1 aromatic rings. The van der Waals surface area contributed by atoms with Crippen molar-refractivity contribution in [3.63, 3.8) is 0 Å². The van der Waals surface area contributed by atoms with Gasteiger partial charge in [0.2, 0.25) is 5.91 Å². The molecule has 110 valence electrons. The number of amides is 1. The van der Waals surface area contributed by atoms with Gasteiger partial charge in [-0.3, -0.25) is 4.79 Å². The Morgan fingerprint density at radius 1 is 1.45 bits per heavy atom. The second kappa shape index (κ2) is 6.81. The molecule has 1 aliphatic heterocycles. The fraction of sp³-hybridized carbons (Fsp3) is 0.533. The molecule has 4 nitrogen and oxygen atoms in total. The van der Waals surface area contributed by atoms with Crippen LogP contribution in [0.1, 0.15) is 35.7 Å². The van der Waals surface area contributed by atoms with Gasteiger partial charge < -0.3 is 16.0 Å². The topological polar surface area (TPSA) is 58.4 Å². The van der Waals surface area contributed by atoms with Gasteiger partial charge in [-0.15, -0.1) is 0 Å². The van der Waals surface area contributed by atoms with E-state index in [1.807, 2.05) is 0 Å². The molecule has 0 bridgehead atoms. The van der Waals surface area contributed by atoms with E-state index in [2.05, 4.69) is 17.1 Å². The molecule has 1 aromatic carbocycles. The molecule has 5 heteroatoms. The lowest BCUT2D eigenvalue weighted by molar-refractivity contribution is 0.1000. The molecular formula is C15H22FN3O. The van der Waals surface area contributed by atoms with Crippen molar-refractivity contribution in [3.8, 4) is 0 Å². The van der Waals surface area contributed by atoms with Crippen LogP contribution in [-0.2, 0) is 6.54 Å². The lowest BCUT2D eigenvalue weighted by Crippen LogP contribution is -2.37. The van der Waals surface area contributed by atoms with E-state index < -0.39 is 5.91 Å². The molecule has 0 radical (unpaired) electrons. The summed E-state index contributed by atoms with van der Waals surface area (Å²) in [5.74, 6) is -0.841. The molecule has 1 heterocycles. The Bertz CT molecular complexity index is 472. The van der Waals surface area contributed by atoms with Crippen LogP contribution in [0.2, 0.25) is 0 Å². The Kier molecular flexibility index (Phi) is 5.09. The molecule has 20 heavy (non-hydrogen) atoms. The van der Waals surface area contributed by atoms with Crippen molar-refractivity contribution in [3.05, 3.63) is 35.1 Å². The summed E-state index contributed by atoms with van der Waals surface area (Å²) < 4.78 is 13.7. The summed E-state index contributed by atoms with van der Waals surface area (Å²) >= 11 is 0. The average Bonchev–Trinajstić information content (AvgIpc) is 2.90. The predicted molar refractivity (Wildman–Crippen MR) is 76.9 cm³/mol. The molecule has 1 aliphatic rings. The van der Waals surface area contributed by atoms with E-state index in [1.165, 1.54) is 31.0 Å². The highest BCUT2D eigenvalue weighted by molar-refractivity contribution is 5.92. The number of carbonyl (C=O) groups excluding carboxylic acids is 1. The number of nitrogens with one attached hydrogen (secondary N) is 1. The average molecular weight is 279 g/mol. The van der Waals surface area contributed by atoms with Gasteiger partial charge in [-0.05, 0) is 51.1 Å². The highest BCUT2D eigenvalue weighted by atomic mass is 19.1. The van der Waals surface area contributed by atoms with Crippen molar-refractivity contribution in [2.24, 2.45) is 5.73 Å². The Morgan fingerprint density at radius 3 is 2.80 bits per heavy atom. The maximum Gasteiger partial charge on any atom is 0.248 e. The van der Waals surface area contributed by atoms with Gasteiger partial charge in [0.05, 0.1) is 0 Å². The van der Waals surface area contributed by atoms with Gasteiger partial charge in [0.25, 0.3) is 0 Å². The zero-order valence-electron chi connectivity index (χ0n) is 11.9. The first-order chi connectivity index (χ1) is 9.56. The third-order valence-electron chi connectivity index (χ3n) is 3.70. The van der Waals surface area contributed by atoms with Gasteiger partial charge in [0.1, 0.15) is 5.82 Å². The lowest BCUT2D eigenvalue weighted by atomic mass is 10.1. The summed E-state index contributed by atoms with van der Waals surface area (Å²) in [5, 5.41) is 3.30. The number of halogens is 1. The fourth-order valence-corrected chi connectivity index (χ4v) is 2.56. The third kappa shape index (κ3) is 4.02. The molecule has 1 atom stereocenters. The number of likely N-dealkylation sites (tertiary alicyclic amines) is 1. The molecule has 1 saturated heterocycles. The van der Waals surface area contributed by atoms with E-state index >= 15 is 0 Å². The number of benzene rings is 1. The van der Waals surface area contributed by atoms with Crippen molar-refractivity contribution in [2.75, 3.05) is 19.6 Å². The van der Waals surface area contributed by atoms with Crippen molar-refractivity contribution in [2.45, 2.75) is 32.4 Å². The minimum absolute atomic E-state index is 0.282. The highest BCUT2D eigenvalue weighted by Crippen LogP contribution is 2.11. The van der Waals surface area contributed by atoms with E-state index in [-0.39, 0.29) is 11.9 Å². The quantitative estimate of drug-likeness (QED) is 0.829. The molecule has 1 unspecified atom stereocenters.